The summed E-state index contributed by atoms with van der Waals surface area (Å²) in [5.41, 5.74) is 0.622. The van der Waals surface area contributed by atoms with Gasteiger partial charge in [0.05, 0.1) is 10.6 Å². The average molecular weight is 379 g/mol. The number of rotatable bonds is 8. The maximum absolute atomic E-state index is 12.5. The predicted molar refractivity (Wildman–Crippen MR) is 92.0 cm³/mol. The highest BCUT2D eigenvalue weighted by Gasteiger charge is 2.23. The monoisotopic (exact) mass is 378 g/mol. The molecule has 1 aliphatic rings. The molecular formula is C14H20Cl2N4O2S. The summed E-state index contributed by atoms with van der Waals surface area (Å²) < 4.78 is 26.4. The molecule has 1 aliphatic heterocycles. The zero-order chi connectivity index (χ0) is 16.7. The van der Waals surface area contributed by atoms with Crippen molar-refractivity contribution in [2.24, 2.45) is 10.3 Å². The van der Waals surface area contributed by atoms with Gasteiger partial charge in [-0.15, -0.1) is 28.3 Å². The Morgan fingerprint density at radius 2 is 1.61 bits per heavy atom. The quantitative estimate of drug-likeness (QED) is 0.515. The van der Waals surface area contributed by atoms with Crippen LogP contribution in [0.25, 0.3) is 0 Å². The Morgan fingerprint density at radius 1 is 1.04 bits per heavy atom. The van der Waals surface area contributed by atoms with Crippen molar-refractivity contribution in [3.63, 3.8) is 0 Å². The zero-order valence-electron chi connectivity index (χ0n) is 12.7. The Bertz CT molecular complexity index is 610. The van der Waals surface area contributed by atoms with Crippen LogP contribution in [0.3, 0.4) is 0 Å². The molecular weight excluding hydrogens is 359 g/mol. The van der Waals surface area contributed by atoms with E-state index in [4.69, 9.17) is 23.2 Å². The number of hydrogen-bond donors (Lipinski definition) is 0. The molecule has 1 saturated heterocycles. The van der Waals surface area contributed by atoms with Gasteiger partial charge in [0.2, 0.25) is 10.0 Å². The van der Waals surface area contributed by atoms with Crippen LogP contribution in [0.2, 0.25) is 0 Å². The van der Waals surface area contributed by atoms with E-state index >= 15 is 0 Å². The highest BCUT2D eigenvalue weighted by Crippen LogP contribution is 2.21. The second kappa shape index (κ2) is 8.82. The molecule has 128 valence electrons. The topological polar surface area (TPSA) is 65.3 Å². The largest absolute Gasteiger partial charge is 0.278 e. The van der Waals surface area contributed by atoms with Crippen molar-refractivity contribution in [3.05, 3.63) is 24.3 Å². The lowest BCUT2D eigenvalue weighted by molar-refractivity contribution is 0.336. The van der Waals surface area contributed by atoms with Gasteiger partial charge in [-0.1, -0.05) is 5.22 Å². The number of benzene rings is 1. The molecule has 23 heavy (non-hydrogen) atoms. The average Bonchev–Trinajstić information content (AvgIpc) is 3.06. The predicted octanol–water partition coefficient (Wildman–Crippen LogP) is 3.25. The van der Waals surface area contributed by atoms with E-state index < -0.39 is 10.0 Å². The molecule has 0 bridgehead atoms. The molecule has 9 heteroatoms. The number of nitrogens with zero attached hydrogens (tertiary/aromatic N) is 4. The van der Waals surface area contributed by atoms with Crippen molar-refractivity contribution in [2.75, 3.05) is 37.9 Å². The normalized spacial score (nSPS) is 15.9. The summed E-state index contributed by atoms with van der Waals surface area (Å²) in [5.74, 6) is 0.441. The van der Waals surface area contributed by atoms with E-state index in [1.165, 1.54) is 16.4 Å². The summed E-state index contributed by atoms with van der Waals surface area (Å²) in [4.78, 5) is 0.202. The lowest BCUT2D eigenvalue weighted by Gasteiger charge is -2.20. The molecule has 0 spiro atoms. The maximum atomic E-state index is 12.5. The Kier molecular flexibility index (Phi) is 7.08. The molecule has 1 heterocycles. The zero-order valence-corrected chi connectivity index (χ0v) is 15.1. The van der Waals surface area contributed by atoms with Crippen molar-refractivity contribution in [1.82, 2.24) is 9.31 Å². The lowest BCUT2D eigenvalue weighted by atomic mass is 10.3. The molecule has 0 atom stereocenters. The van der Waals surface area contributed by atoms with Crippen molar-refractivity contribution in [1.29, 1.82) is 0 Å². The fourth-order valence-electron chi connectivity index (χ4n) is 2.28. The van der Waals surface area contributed by atoms with Gasteiger partial charge in [0.15, 0.2) is 0 Å². The van der Waals surface area contributed by atoms with E-state index in [1.807, 2.05) is 5.01 Å². The minimum absolute atomic E-state index is 0.202. The molecule has 0 aromatic heterocycles. The van der Waals surface area contributed by atoms with Crippen LogP contribution in [0.5, 0.6) is 0 Å². The van der Waals surface area contributed by atoms with Crippen LogP contribution in [0.15, 0.2) is 39.5 Å². The third kappa shape index (κ3) is 5.04. The van der Waals surface area contributed by atoms with Crippen molar-refractivity contribution >= 4 is 38.9 Å². The molecule has 6 nitrogen and oxygen atoms in total. The summed E-state index contributed by atoms with van der Waals surface area (Å²) >= 11 is 11.3. The van der Waals surface area contributed by atoms with Gasteiger partial charge in [-0.3, -0.25) is 5.01 Å². The summed E-state index contributed by atoms with van der Waals surface area (Å²) in [6.45, 7) is 2.30. The number of alkyl halides is 2. The Labute approximate surface area is 147 Å². The highest BCUT2D eigenvalue weighted by atomic mass is 35.5. The first-order valence-corrected chi connectivity index (χ1v) is 9.97. The van der Waals surface area contributed by atoms with Gasteiger partial charge < -0.3 is 0 Å². The van der Waals surface area contributed by atoms with Crippen LogP contribution >= 0.6 is 23.2 Å². The van der Waals surface area contributed by atoms with Crippen molar-refractivity contribution < 1.29 is 8.42 Å². The van der Waals surface area contributed by atoms with E-state index in [0.29, 0.717) is 5.69 Å². The SMILES string of the molecule is O=S(=O)(c1ccc(N=NN2CCCC2)cc1)N(CCCl)CCCl. The molecule has 0 amide bonds. The summed E-state index contributed by atoms with van der Waals surface area (Å²) in [6.07, 6.45) is 2.26. The first-order chi connectivity index (χ1) is 11.1. The number of halogens is 2. The lowest BCUT2D eigenvalue weighted by Crippen LogP contribution is -2.34. The first-order valence-electron chi connectivity index (χ1n) is 7.46. The molecule has 0 N–H and O–H groups in total. The third-order valence-corrected chi connectivity index (χ3v) is 5.76. The number of hydrogen-bond acceptors (Lipinski definition) is 4. The molecule has 0 aliphatic carbocycles. The third-order valence-electron chi connectivity index (χ3n) is 3.51. The minimum Gasteiger partial charge on any atom is -0.278 e. The van der Waals surface area contributed by atoms with E-state index in [0.717, 1.165) is 25.9 Å². The Balaban J connectivity index is 2.10. The molecule has 0 unspecified atom stereocenters. The summed E-state index contributed by atoms with van der Waals surface area (Å²) in [5, 5.41) is 10.2. The van der Waals surface area contributed by atoms with Crippen LogP contribution in [0.4, 0.5) is 5.69 Å². The van der Waals surface area contributed by atoms with Crippen LogP contribution in [-0.4, -0.2) is 55.7 Å². The van der Waals surface area contributed by atoms with E-state index in [9.17, 15) is 8.42 Å². The molecule has 1 aromatic carbocycles. The molecule has 0 radical (unpaired) electrons. The van der Waals surface area contributed by atoms with Crippen molar-refractivity contribution in [2.45, 2.75) is 17.7 Å². The fraction of sp³-hybridized carbons (Fsp3) is 0.571. The first kappa shape index (κ1) is 18.4. The minimum atomic E-state index is -3.59. The second-order valence-corrected chi connectivity index (χ2v) is 7.82. The van der Waals surface area contributed by atoms with E-state index in [2.05, 4.69) is 10.3 Å². The summed E-state index contributed by atoms with van der Waals surface area (Å²) in [6, 6.07) is 6.35. The molecule has 0 saturated carbocycles. The van der Waals surface area contributed by atoms with Crippen LogP contribution < -0.4 is 0 Å². The molecule has 1 fully saturated rings. The molecule has 2 rings (SSSR count). The van der Waals surface area contributed by atoms with Crippen molar-refractivity contribution in [3.8, 4) is 0 Å². The highest BCUT2D eigenvalue weighted by molar-refractivity contribution is 7.89. The Morgan fingerprint density at radius 3 is 2.13 bits per heavy atom. The van der Waals surface area contributed by atoms with Gasteiger partial charge in [0.25, 0.3) is 0 Å². The standard InChI is InChI=1S/C14H20Cl2N4O2S/c15-7-11-20(12-8-16)23(21,22)14-5-3-13(4-6-14)17-18-19-9-1-2-10-19/h3-6H,1-2,7-12H2. The van der Waals surface area contributed by atoms with Crippen LogP contribution in [0.1, 0.15) is 12.8 Å². The molecule has 1 aromatic rings. The fourth-order valence-corrected chi connectivity index (χ4v) is 4.33. The van der Waals surface area contributed by atoms with Gasteiger partial charge in [-0.2, -0.15) is 4.31 Å². The van der Waals surface area contributed by atoms with Gasteiger partial charge in [-0.05, 0) is 37.1 Å². The smallest absolute Gasteiger partial charge is 0.243 e. The van der Waals surface area contributed by atoms with Crippen LogP contribution in [0, 0.1) is 0 Å². The second-order valence-electron chi connectivity index (χ2n) is 5.13. The van der Waals surface area contributed by atoms with Gasteiger partial charge in [0, 0.05) is 37.9 Å². The van der Waals surface area contributed by atoms with E-state index in [-0.39, 0.29) is 29.7 Å². The number of sulfonamides is 1. The van der Waals surface area contributed by atoms with E-state index in [1.54, 1.807) is 12.1 Å². The van der Waals surface area contributed by atoms with Gasteiger partial charge >= 0.3 is 0 Å². The maximum Gasteiger partial charge on any atom is 0.243 e. The van der Waals surface area contributed by atoms with Gasteiger partial charge in [-0.25, -0.2) is 8.42 Å². The summed E-state index contributed by atoms with van der Waals surface area (Å²) in [7, 11) is -3.59. The Hall–Kier alpha value is -0.890. The van der Waals surface area contributed by atoms with Crippen LogP contribution in [-0.2, 0) is 10.0 Å². The van der Waals surface area contributed by atoms with Gasteiger partial charge in [0.1, 0.15) is 0 Å².